The number of aryl methyl sites for hydroxylation is 1. The van der Waals surface area contributed by atoms with Gasteiger partial charge < -0.3 is 9.47 Å². The molecule has 8 heteroatoms. The number of hydrogen-bond acceptors (Lipinski definition) is 5. The van der Waals surface area contributed by atoms with Gasteiger partial charge >= 0.3 is 0 Å². The van der Waals surface area contributed by atoms with Crippen LogP contribution < -0.4 is 9.47 Å². The van der Waals surface area contributed by atoms with Gasteiger partial charge in [0.2, 0.25) is 0 Å². The zero-order valence-corrected chi connectivity index (χ0v) is 25.1. The molecule has 0 aliphatic carbocycles. The highest BCUT2D eigenvalue weighted by atomic mass is 79.9. The van der Waals surface area contributed by atoms with E-state index in [1.165, 1.54) is 17.3 Å². The fourth-order valence-electron chi connectivity index (χ4n) is 3.72. The Balaban J connectivity index is 1.62. The minimum absolute atomic E-state index is 0.0331. The topological polar surface area (TPSA) is 51.1 Å². The molecule has 1 saturated heterocycles. The van der Waals surface area contributed by atoms with E-state index in [-0.39, 0.29) is 11.9 Å². The zero-order chi connectivity index (χ0) is 26.5. The highest BCUT2D eigenvalue weighted by Crippen LogP contribution is 2.40. The quantitative estimate of drug-likeness (QED) is 0.231. The molecule has 3 aromatic carbocycles. The highest BCUT2D eigenvalue weighted by molar-refractivity contribution is 9.10. The van der Waals surface area contributed by atoms with Crippen molar-refractivity contribution in [3.05, 3.63) is 91.2 Å². The van der Waals surface area contributed by atoms with E-state index in [1.807, 2.05) is 80.6 Å². The SMILES string of the molecule is CC[C@H](C)N1C(=O)/C(=C\c2cc(Br)c(OCc3ccc(Br)cc3)c(OC)c2)SC1=Nc1ccc(C)cc1. The molecule has 3 aromatic rings. The van der Waals surface area contributed by atoms with Crippen molar-refractivity contribution in [2.75, 3.05) is 7.11 Å². The number of carbonyl (C=O) groups is 1. The third-order valence-corrected chi connectivity index (χ3v) is 8.07. The fourth-order valence-corrected chi connectivity index (χ4v) is 5.64. The van der Waals surface area contributed by atoms with E-state index in [0.29, 0.717) is 28.2 Å². The molecule has 0 radical (unpaired) electrons. The molecule has 0 aromatic heterocycles. The van der Waals surface area contributed by atoms with Crippen LogP contribution in [-0.2, 0) is 11.4 Å². The molecule has 0 unspecified atom stereocenters. The van der Waals surface area contributed by atoms with Crippen LogP contribution >= 0.6 is 43.6 Å². The Morgan fingerprint density at radius 2 is 1.78 bits per heavy atom. The van der Waals surface area contributed by atoms with E-state index in [4.69, 9.17) is 14.5 Å². The molecule has 1 amide bonds. The summed E-state index contributed by atoms with van der Waals surface area (Å²) >= 11 is 8.47. The van der Waals surface area contributed by atoms with Gasteiger partial charge in [-0.2, -0.15) is 0 Å². The molecule has 192 valence electrons. The van der Waals surface area contributed by atoms with Crippen molar-refractivity contribution in [2.45, 2.75) is 39.8 Å². The number of nitrogens with zero attached hydrogens (tertiary/aromatic N) is 2. The summed E-state index contributed by atoms with van der Waals surface area (Å²) in [5, 5.41) is 0.690. The first kappa shape index (κ1) is 27.5. The van der Waals surface area contributed by atoms with Gasteiger partial charge in [-0.3, -0.25) is 9.69 Å². The molecule has 1 atom stereocenters. The summed E-state index contributed by atoms with van der Waals surface area (Å²) in [5.74, 6) is 1.15. The second kappa shape index (κ2) is 12.3. The molecular weight excluding hydrogens is 616 g/mol. The van der Waals surface area contributed by atoms with Gasteiger partial charge in [0.15, 0.2) is 16.7 Å². The maximum atomic E-state index is 13.4. The van der Waals surface area contributed by atoms with E-state index in [2.05, 4.69) is 38.8 Å². The van der Waals surface area contributed by atoms with Gasteiger partial charge in [0, 0.05) is 10.5 Å². The molecule has 0 spiro atoms. The number of aliphatic imine (C=N–C) groups is 1. The standard InChI is InChI=1S/C29H28Br2N2O3S/c1-5-19(3)33-28(34)26(37-29(33)32-23-12-6-18(2)7-13-23)16-21-14-24(31)27(25(15-21)35-4)36-17-20-8-10-22(30)11-9-20/h6-16,19H,5,17H2,1-4H3/b26-16+,32-29?/t19-/m0/s1. The van der Waals surface area contributed by atoms with Crippen LogP contribution in [0, 0.1) is 6.92 Å². The molecule has 0 bridgehead atoms. The Bertz CT molecular complexity index is 1340. The number of ether oxygens (including phenoxy) is 2. The van der Waals surface area contributed by atoms with Crippen LogP contribution in [0.2, 0.25) is 0 Å². The third kappa shape index (κ3) is 6.67. The average Bonchev–Trinajstić information content (AvgIpc) is 3.19. The molecule has 1 aliphatic heterocycles. The molecule has 37 heavy (non-hydrogen) atoms. The van der Waals surface area contributed by atoms with Crippen molar-refractivity contribution >= 4 is 66.5 Å². The lowest BCUT2D eigenvalue weighted by Crippen LogP contribution is -2.36. The van der Waals surface area contributed by atoms with Crippen LogP contribution in [0.15, 0.2) is 79.5 Å². The van der Waals surface area contributed by atoms with Crippen molar-refractivity contribution in [2.24, 2.45) is 4.99 Å². The lowest BCUT2D eigenvalue weighted by Gasteiger charge is -2.22. The lowest BCUT2D eigenvalue weighted by atomic mass is 10.1. The van der Waals surface area contributed by atoms with Gasteiger partial charge in [-0.15, -0.1) is 0 Å². The number of thioether (sulfide) groups is 1. The van der Waals surface area contributed by atoms with Crippen LogP contribution in [0.4, 0.5) is 5.69 Å². The van der Waals surface area contributed by atoms with E-state index in [9.17, 15) is 4.79 Å². The summed E-state index contributed by atoms with van der Waals surface area (Å²) in [7, 11) is 1.61. The van der Waals surface area contributed by atoms with Crippen molar-refractivity contribution in [3.63, 3.8) is 0 Å². The smallest absolute Gasteiger partial charge is 0.266 e. The second-order valence-corrected chi connectivity index (χ2v) is 11.5. The molecule has 4 rings (SSSR count). The number of amides is 1. The van der Waals surface area contributed by atoms with Crippen LogP contribution in [0.1, 0.15) is 37.0 Å². The molecule has 0 saturated carbocycles. The second-order valence-electron chi connectivity index (χ2n) is 8.72. The van der Waals surface area contributed by atoms with Crippen LogP contribution in [0.25, 0.3) is 6.08 Å². The molecule has 1 aliphatic rings. The summed E-state index contributed by atoms with van der Waals surface area (Å²) in [6.45, 7) is 6.56. The van der Waals surface area contributed by atoms with Crippen LogP contribution in [0.5, 0.6) is 11.5 Å². The van der Waals surface area contributed by atoms with E-state index in [0.717, 1.165) is 32.2 Å². The van der Waals surface area contributed by atoms with E-state index >= 15 is 0 Å². The van der Waals surface area contributed by atoms with Crippen molar-refractivity contribution in [1.29, 1.82) is 0 Å². The number of methoxy groups -OCH3 is 1. The van der Waals surface area contributed by atoms with Gasteiger partial charge in [0.05, 0.1) is 22.2 Å². The third-order valence-electron chi connectivity index (χ3n) is 5.97. The molecule has 5 nitrogen and oxygen atoms in total. The van der Waals surface area contributed by atoms with Gasteiger partial charge in [-0.25, -0.2) is 4.99 Å². The fraction of sp³-hybridized carbons (Fsp3) is 0.241. The summed E-state index contributed by atoms with van der Waals surface area (Å²) in [5.41, 5.74) is 3.87. The predicted octanol–water partition coefficient (Wildman–Crippen LogP) is 8.51. The minimum atomic E-state index is -0.0455. The monoisotopic (exact) mass is 642 g/mol. The van der Waals surface area contributed by atoms with Gasteiger partial charge in [-0.1, -0.05) is 52.7 Å². The maximum Gasteiger partial charge on any atom is 0.266 e. The summed E-state index contributed by atoms with van der Waals surface area (Å²) in [6, 6.07) is 19.8. The normalized spacial score (nSPS) is 16.5. The van der Waals surface area contributed by atoms with Gasteiger partial charge in [0.25, 0.3) is 5.91 Å². The first-order valence-corrected chi connectivity index (χ1v) is 14.3. The largest absolute Gasteiger partial charge is 0.493 e. The van der Waals surface area contributed by atoms with E-state index in [1.54, 1.807) is 12.0 Å². The lowest BCUT2D eigenvalue weighted by molar-refractivity contribution is -0.123. The Morgan fingerprint density at radius 1 is 1.08 bits per heavy atom. The van der Waals surface area contributed by atoms with Crippen molar-refractivity contribution < 1.29 is 14.3 Å². The highest BCUT2D eigenvalue weighted by Gasteiger charge is 2.36. The maximum absolute atomic E-state index is 13.4. The predicted molar refractivity (Wildman–Crippen MR) is 160 cm³/mol. The summed E-state index contributed by atoms with van der Waals surface area (Å²) < 4.78 is 13.5. The van der Waals surface area contributed by atoms with Crippen molar-refractivity contribution in [3.8, 4) is 11.5 Å². The van der Waals surface area contributed by atoms with Crippen LogP contribution in [0.3, 0.4) is 0 Å². The molecule has 1 heterocycles. The Labute approximate surface area is 239 Å². The van der Waals surface area contributed by atoms with Gasteiger partial charge in [-0.05, 0) is 102 Å². The Kier molecular flexibility index (Phi) is 9.16. The number of carbonyl (C=O) groups excluding carboxylic acids is 1. The molecular formula is C29H28Br2N2O3S. The van der Waals surface area contributed by atoms with E-state index < -0.39 is 0 Å². The summed E-state index contributed by atoms with van der Waals surface area (Å²) in [6.07, 6.45) is 2.71. The van der Waals surface area contributed by atoms with Crippen LogP contribution in [-0.4, -0.2) is 29.1 Å². The average molecular weight is 644 g/mol. The van der Waals surface area contributed by atoms with Gasteiger partial charge in [0.1, 0.15) is 6.61 Å². The Morgan fingerprint density at radius 3 is 2.43 bits per heavy atom. The number of benzene rings is 3. The first-order chi connectivity index (χ1) is 17.8. The number of amidine groups is 1. The first-order valence-electron chi connectivity index (χ1n) is 11.9. The molecule has 0 N–H and O–H groups in total. The zero-order valence-electron chi connectivity index (χ0n) is 21.1. The number of rotatable bonds is 8. The number of hydrogen-bond donors (Lipinski definition) is 0. The van der Waals surface area contributed by atoms with Crippen molar-refractivity contribution in [1.82, 2.24) is 4.90 Å². The minimum Gasteiger partial charge on any atom is -0.493 e. The Hall–Kier alpha value is -2.55. The summed E-state index contributed by atoms with van der Waals surface area (Å²) in [4.78, 5) is 20.6. The molecule has 1 fully saturated rings. The number of halogens is 2.